The summed E-state index contributed by atoms with van der Waals surface area (Å²) >= 11 is 8.64. The number of benzene rings is 3. The third kappa shape index (κ3) is 4.38. The molecule has 0 fully saturated rings. The zero-order chi connectivity index (χ0) is 26.4. The third-order valence-corrected chi connectivity index (χ3v) is 9.05. The smallest absolute Gasteiger partial charge is 0.271 e. The van der Waals surface area contributed by atoms with Gasteiger partial charge in [0.25, 0.3) is 5.56 Å². The maximum absolute atomic E-state index is 14.0. The lowest BCUT2D eigenvalue weighted by Crippen LogP contribution is -2.38. The highest BCUT2D eigenvalue weighted by molar-refractivity contribution is 9.11. The van der Waals surface area contributed by atoms with E-state index in [1.807, 2.05) is 47.9 Å². The SMILES string of the molecule is CCOc1c(Br)cc(/C=c2/sc3n(c2=O)[C@@H](c2cccc(OC)c2)C2=C(N=3)c3ccccc3CC2)cc1Br. The van der Waals surface area contributed by atoms with Crippen LogP contribution in [0.25, 0.3) is 11.8 Å². The van der Waals surface area contributed by atoms with Crippen LogP contribution in [0.1, 0.15) is 41.6 Å². The van der Waals surface area contributed by atoms with Crippen molar-refractivity contribution in [2.24, 2.45) is 4.99 Å². The van der Waals surface area contributed by atoms with Gasteiger partial charge in [-0.2, -0.15) is 0 Å². The van der Waals surface area contributed by atoms with Crippen molar-refractivity contribution in [2.75, 3.05) is 13.7 Å². The van der Waals surface area contributed by atoms with Crippen LogP contribution in [0.15, 0.2) is 85.0 Å². The summed E-state index contributed by atoms with van der Waals surface area (Å²) in [4.78, 5) is 19.8. The maximum Gasteiger partial charge on any atom is 0.271 e. The molecular weight excluding hydrogens is 628 g/mol. The fourth-order valence-electron chi connectivity index (χ4n) is 5.23. The minimum Gasteiger partial charge on any atom is -0.497 e. The van der Waals surface area contributed by atoms with Crippen LogP contribution in [-0.2, 0) is 6.42 Å². The third-order valence-electron chi connectivity index (χ3n) is 6.89. The van der Waals surface area contributed by atoms with E-state index < -0.39 is 0 Å². The molecule has 2 aliphatic rings. The van der Waals surface area contributed by atoms with Crippen LogP contribution >= 0.6 is 43.2 Å². The van der Waals surface area contributed by atoms with Gasteiger partial charge in [0.05, 0.1) is 38.9 Å². The number of ether oxygens (including phenoxy) is 2. The molecule has 0 radical (unpaired) electrons. The Bertz CT molecular complexity index is 1760. The molecule has 1 aromatic heterocycles. The highest BCUT2D eigenvalue weighted by atomic mass is 79.9. The molecule has 6 rings (SSSR count). The van der Waals surface area contributed by atoms with Crippen molar-refractivity contribution >= 4 is 55.0 Å². The van der Waals surface area contributed by atoms with E-state index in [0.717, 1.165) is 55.7 Å². The van der Waals surface area contributed by atoms with Crippen molar-refractivity contribution in [3.05, 3.63) is 117 Å². The Hall–Kier alpha value is -2.94. The number of hydrogen-bond acceptors (Lipinski definition) is 5. The summed E-state index contributed by atoms with van der Waals surface area (Å²) in [6.45, 7) is 2.51. The molecule has 0 amide bonds. The molecule has 0 spiro atoms. The number of thiazole rings is 1. The highest BCUT2D eigenvalue weighted by Crippen LogP contribution is 2.41. The van der Waals surface area contributed by atoms with Gasteiger partial charge in [-0.05, 0) is 104 Å². The van der Waals surface area contributed by atoms with E-state index in [-0.39, 0.29) is 11.6 Å². The van der Waals surface area contributed by atoms with Crippen LogP contribution in [0.3, 0.4) is 0 Å². The lowest BCUT2D eigenvalue weighted by Gasteiger charge is -2.31. The molecule has 1 aliphatic heterocycles. The normalized spacial score (nSPS) is 16.4. The number of nitrogens with zero attached hydrogens (tertiary/aromatic N) is 2. The number of hydrogen-bond donors (Lipinski definition) is 0. The molecule has 0 saturated heterocycles. The Kier molecular flexibility index (Phi) is 6.88. The van der Waals surface area contributed by atoms with Crippen LogP contribution in [0.4, 0.5) is 0 Å². The van der Waals surface area contributed by atoms with Crippen molar-refractivity contribution in [3.63, 3.8) is 0 Å². The van der Waals surface area contributed by atoms with Crippen LogP contribution in [0, 0.1) is 0 Å². The largest absolute Gasteiger partial charge is 0.497 e. The number of halogens is 2. The zero-order valence-corrected chi connectivity index (χ0v) is 24.8. The standard InChI is InChI=1S/C30H24Br2N2O3S/c1-3-37-28-23(31)13-17(14-24(28)32)15-25-29(35)34-27(19-8-6-9-20(16-19)36-2)22-12-11-18-7-4-5-10-21(18)26(22)33-30(34)38-25/h4-10,13-16,27H,3,11-12H2,1-2H3/b25-15+/t27-/m0/s1. The highest BCUT2D eigenvalue weighted by Gasteiger charge is 2.32. The predicted octanol–water partition coefficient (Wildman–Crippen LogP) is 6.25. The average molecular weight is 652 g/mol. The molecule has 8 heteroatoms. The van der Waals surface area contributed by atoms with Crippen LogP contribution in [0.5, 0.6) is 11.5 Å². The first-order valence-corrected chi connectivity index (χ1v) is 14.8. The van der Waals surface area contributed by atoms with Gasteiger partial charge in [-0.25, -0.2) is 4.99 Å². The molecule has 1 aliphatic carbocycles. The fourth-order valence-corrected chi connectivity index (χ4v) is 7.68. The van der Waals surface area contributed by atoms with Gasteiger partial charge in [0, 0.05) is 5.56 Å². The molecule has 0 unspecified atom stereocenters. The van der Waals surface area contributed by atoms with Gasteiger partial charge < -0.3 is 9.47 Å². The predicted molar refractivity (Wildman–Crippen MR) is 159 cm³/mol. The van der Waals surface area contributed by atoms with Crippen LogP contribution in [-0.4, -0.2) is 18.3 Å². The Labute approximate surface area is 241 Å². The van der Waals surface area contributed by atoms with E-state index in [9.17, 15) is 4.79 Å². The molecule has 5 nitrogen and oxygen atoms in total. The maximum atomic E-state index is 14.0. The molecule has 0 saturated carbocycles. The molecule has 38 heavy (non-hydrogen) atoms. The second kappa shape index (κ2) is 10.3. The van der Waals surface area contributed by atoms with Gasteiger partial charge in [-0.15, -0.1) is 0 Å². The van der Waals surface area contributed by atoms with Gasteiger partial charge in [-0.3, -0.25) is 9.36 Å². The quantitative estimate of drug-likeness (QED) is 0.256. The second-order valence-corrected chi connectivity index (χ2v) is 11.9. The Morgan fingerprint density at radius 1 is 1.08 bits per heavy atom. The minimum atomic E-state index is -0.245. The van der Waals surface area contributed by atoms with E-state index in [1.54, 1.807) is 7.11 Å². The van der Waals surface area contributed by atoms with Crippen LogP contribution < -0.4 is 24.4 Å². The molecular formula is C30H24Br2N2O3S. The van der Waals surface area contributed by atoms with E-state index in [4.69, 9.17) is 14.5 Å². The number of rotatable bonds is 5. The summed E-state index contributed by atoms with van der Waals surface area (Å²) in [5.41, 5.74) is 6.46. The first-order chi connectivity index (χ1) is 18.5. The first-order valence-electron chi connectivity index (χ1n) is 12.4. The van der Waals surface area contributed by atoms with Crippen molar-refractivity contribution < 1.29 is 9.47 Å². The van der Waals surface area contributed by atoms with Crippen molar-refractivity contribution in [2.45, 2.75) is 25.8 Å². The van der Waals surface area contributed by atoms with E-state index in [2.05, 4.69) is 62.2 Å². The number of aromatic nitrogens is 1. The average Bonchev–Trinajstić information content (AvgIpc) is 3.23. The Morgan fingerprint density at radius 3 is 2.63 bits per heavy atom. The molecule has 4 aromatic rings. The Balaban J connectivity index is 1.58. The van der Waals surface area contributed by atoms with Gasteiger partial charge in [0.1, 0.15) is 11.5 Å². The molecule has 2 heterocycles. The summed E-state index contributed by atoms with van der Waals surface area (Å²) < 4.78 is 15.4. The summed E-state index contributed by atoms with van der Waals surface area (Å²) in [7, 11) is 1.67. The van der Waals surface area contributed by atoms with Crippen molar-refractivity contribution in [3.8, 4) is 11.5 Å². The first kappa shape index (κ1) is 25.3. The summed E-state index contributed by atoms with van der Waals surface area (Å²) in [5.74, 6) is 1.51. The molecule has 3 aromatic carbocycles. The number of methoxy groups -OCH3 is 1. The summed E-state index contributed by atoms with van der Waals surface area (Å²) in [6, 6.07) is 20.1. The molecule has 1 atom stereocenters. The second-order valence-electron chi connectivity index (χ2n) is 9.14. The number of aryl methyl sites for hydroxylation is 1. The van der Waals surface area contributed by atoms with Gasteiger partial charge in [-0.1, -0.05) is 47.7 Å². The fraction of sp³-hybridized carbons (Fsp3) is 0.200. The number of allylic oxidation sites excluding steroid dienone is 1. The van der Waals surface area contributed by atoms with Gasteiger partial charge in [0.2, 0.25) is 0 Å². The van der Waals surface area contributed by atoms with Crippen molar-refractivity contribution in [1.29, 1.82) is 0 Å². The topological polar surface area (TPSA) is 52.8 Å². The summed E-state index contributed by atoms with van der Waals surface area (Å²) in [6.07, 6.45) is 3.69. The van der Waals surface area contributed by atoms with Gasteiger partial charge in [0.15, 0.2) is 4.80 Å². The minimum absolute atomic E-state index is 0.0480. The summed E-state index contributed by atoms with van der Waals surface area (Å²) in [5, 5.41) is 0. The Morgan fingerprint density at radius 2 is 1.87 bits per heavy atom. The monoisotopic (exact) mass is 650 g/mol. The zero-order valence-electron chi connectivity index (χ0n) is 20.8. The molecule has 0 N–H and O–H groups in total. The number of fused-ring (bicyclic) bond motifs is 3. The van der Waals surface area contributed by atoms with E-state index in [0.29, 0.717) is 15.9 Å². The van der Waals surface area contributed by atoms with Crippen molar-refractivity contribution in [1.82, 2.24) is 4.57 Å². The molecule has 0 bridgehead atoms. The molecule has 192 valence electrons. The van der Waals surface area contributed by atoms with E-state index >= 15 is 0 Å². The lowest BCUT2D eigenvalue weighted by atomic mass is 9.83. The van der Waals surface area contributed by atoms with E-state index in [1.165, 1.54) is 22.5 Å². The lowest BCUT2D eigenvalue weighted by molar-refractivity contribution is 0.336. The van der Waals surface area contributed by atoms with Gasteiger partial charge >= 0.3 is 0 Å². The van der Waals surface area contributed by atoms with Crippen LogP contribution in [0.2, 0.25) is 0 Å².